The van der Waals surface area contributed by atoms with Gasteiger partial charge in [0, 0.05) is 12.1 Å². The van der Waals surface area contributed by atoms with E-state index in [1.165, 1.54) is 32.1 Å². The van der Waals surface area contributed by atoms with Crippen LogP contribution in [0.3, 0.4) is 0 Å². The lowest BCUT2D eigenvalue weighted by Gasteiger charge is -2.53. The van der Waals surface area contributed by atoms with Crippen molar-refractivity contribution < 1.29 is 4.79 Å². The molecular weight excluding hydrogens is 226 g/mol. The maximum Gasteiger partial charge on any atom is 0.228 e. The smallest absolute Gasteiger partial charge is 0.228 e. The molecule has 0 aromatic carbocycles. The van der Waals surface area contributed by atoms with Crippen molar-refractivity contribution in [1.29, 1.82) is 0 Å². The lowest BCUT2D eigenvalue weighted by atomic mass is 9.51. The van der Waals surface area contributed by atoms with Crippen LogP contribution in [0.5, 0.6) is 0 Å². The van der Waals surface area contributed by atoms with E-state index in [0.717, 1.165) is 17.5 Å². The van der Waals surface area contributed by atoms with Gasteiger partial charge in [-0.05, 0) is 55.8 Å². The Hall–Kier alpha value is -1.32. The van der Waals surface area contributed by atoms with Crippen molar-refractivity contribution in [2.75, 3.05) is 5.32 Å². The minimum atomic E-state index is 0.227. The number of hydrogen-bond acceptors (Lipinski definition) is 2. The fourth-order valence-electron chi connectivity index (χ4n) is 4.90. The van der Waals surface area contributed by atoms with Crippen LogP contribution >= 0.6 is 0 Å². The van der Waals surface area contributed by atoms with Gasteiger partial charge >= 0.3 is 0 Å². The van der Waals surface area contributed by atoms with E-state index in [1.54, 1.807) is 12.4 Å². The van der Waals surface area contributed by atoms with Gasteiger partial charge in [0.15, 0.2) is 0 Å². The van der Waals surface area contributed by atoms with E-state index < -0.39 is 0 Å². The first-order chi connectivity index (χ1) is 8.79. The Morgan fingerprint density at radius 3 is 2.39 bits per heavy atom. The van der Waals surface area contributed by atoms with E-state index in [1.807, 2.05) is 0 Å². The van der Waals surface area contributed by atoms with Crippen LogP contribution in [0.25, 0.3) is 0 Å². The summed E-state index contributed by atoms with van der Waals surface area (Å²) < 4.78 is 0. The molecule has 4 fully saturated rings. The van der Waals surface area contributed by atoms with Gasteiger partial charge in [-0.25, -0.2) is 0 Å². The summed E-state index contributed by atoms with van der Waals surface area (Å²) in [5.74, 6) is 3.62. The summed E-state index contributed by atoms with van der Waals surface area (Å²) in [4.78, 5) is 12.4. The molecule has 5 rings (SSSR count). The second kappa shape index (κ2) is 3.84. The molecule has 0 atom stereocenters. The van der Waals surface area contributed by atoms with Crippen LogP contribution in [0.1, 0.15) is 32.1 Å². The maximum absolute atomic E-state index is 12.4. The molecule has 4 aliphatic rings. The molecule has 1 aromatic rings. The molecule has 0 radical (unpaired) electrons. The van der Waals surface area contributed by atoms with Crippen molar-refractivity contribution in [1.82, 2.24) is 10.2 Å². The van der Waals surface area contributed by atoms with Crippen molar-refractivity contribution in [3.63, 3.8) is 0 Å². The van der Waals surface area contributed by atoms with E-state index >= 15 is 0 Å². The number of anilines is 1. The van der Waals surface area contributed by atoms with E-state index in [4.69, 9.17) is 0 Å². The molecule has 0 spiro atoms. The van der Waals surface area contributed by atoms with Crippen LogP contribution in [0, 0.1) is 29.6 Å². The third-order valence-corrected chi connectivity index (χ3v) is 5.30. The van der Waals surface area contributed by atoms with Gasteiger partial charge in [0.1, 0.15) is 0 Å². The number of H-pyrrole nitrogens is 1. The number of hydrogen-bond donors (Lipinski definition) is 2. The SMILES string of the molecule is O=C(Nc1cn[nH]c1)C1C2CC3CC(C2)CC1C3. The second-order valence-corrected chi connectivity index (χ2v) is 6.43. The predicted octanol–water partition coefficient (Wildman–Crippen LogP) is 2.42. The molecule has 4 heteroatoms. The van der Waals surface area contributed by atoms with E-state index in [0.29, 0.717) is 11.8 Å². The molecule has 1 aromatic heterocycles. The molecule has 18 heavy (non-hydrogen) atoms. The second-order valence-electron chi connectivity index (χ2n) is 6.43. The lowest BCUT2D eigenvalue weighted by Crippen LogP contribution is -2.49. The van der Waals surface area contributed by atoms with Crippen LogP contribution in [0.4, 0.5) is 5.69 Å². The topological polar surface area (TPSA) is 57.8 Å². The van der Waals surface area contributed by atoms with Crippen LogP contribution in [0.2, 0.25) is 0 Å². The Labute approximate surface area is 107 Å². The molecule has 1 amide bonds. The summed E-state index contributed by atoms with van der Waals surface area (Å²) in [5, 5.41) is 9.63. The van der Waals surface area contributed by atoms with Gasteiger partial charge in [0.05, 0.1) is 11.9 Å². The highest BCUT2D eigenvalue weighted by Gasteiger charge is 2.50. The minimum Gasteiger partial charge on any atom is -0.323 e. The molecular formula is C14H19N3O. The van der Waals surface area contributed by atoms with Crippen molar-refractivity contribution in [3.05, 3.63) is 12.4 Å². The highest BCUT2D eigenvalue weighted by Crippen LogP contribution is 2.56. The van der Waals surface area contributed by atoms with Crippen LogP contribution < -0.4 is 5.32 Å². The molecule has 0 unspecified atom stereocenters. The van der Waals surface area contributed by atoms with Crippen LogP contribution in [0.15, 0.2) is 12.4 Å². The third-order valence-electron chi connectivity index (χ3n) is 5.30. The summed E-state index contributed by atoms with van der Waals surface area (Å²) in [6.45, 7) is 0. The summed E-state index contributed by atoms with van der Waals surface area (Å²) in [6, 6.07) is 0. The summed E-state index contributed by atoms with van der Waals surface area (Å²) >= 11 is 0. The normalized spacial score (nSPS) is 41.0. The van der Waals surface area contributed by atoms with Crippen LogP contribution in [-0.2, 0) is 4.79 Å². The first-order valence-electron chi connectivity index (χ1n) is 7.09. The van der Waals surface area contributed by atoms with E-state index in [9.17, 15) is 4.79 Å². The van der Waals surface area contributed by atoms with Gasteiger partial charge in [0.25, 0.3) is 0 Å². The maximum atomic E-state index is 12.4. The van der Waals surface area contributed by atoms with Crippen molar-refractivity contribution in [2.24, 2.45) is 29.6 Å². The fraction of sp³-hybridized carbons (Fsp3) is 0.714. The molecule has 2 N–H and O–H groups in total. The quantitative estimate of drug-likeness (QED) is 0.840. The number of aromatic amines is 1. The minimum absolute atomic E-state index is 0.227. The summed E-state index contributed by atoms with van der Waals surface area (Å²) in [5.41, 5.74) is 0.800. The zero-order chi connectivity index (χ0) is 12.1. The monoisotopic (exact) mass is 245 g/mol. The molecule has 96 valence electrons. The fourth-order valence-corrected chi connectivity index (χ4v) is 4.90. The third kappa shape index (κ3) is 1.58. The zero-order valence-corrected chi connectivity index (χ0v) is 10.4. The highest BCUT2D eigenvalue weighted by molar-refractivity contribution is 5.92. The number of carbonyl (C=O) groups excluding carboxylic acids is 1. The van der Waals surface area contributed by atoms with Gasteiger partial charge in [-0.3, -0.25) is 9.89 Å². The number of rotatable bonds is 2. The van der Waals surface area contributed by atoms with Crippen molar-refractivity contribution in [3.8, 4) is 0 Å². The zero-order valence-electron chi connectivity index (χ0n) is 10.4. The standard InChI is InChI=1S/C14H19N3O/c18-14(17-12-6-15-16-7-12)13-10-2-8-1-9(4-10)5-11(13)3-8/h6-11,13H,1-5H2,(H,15,16)(H,17,18). The molecule has 4 nitrogen and oxygen atoms in total. The molecule has 4 aliphatic carbocycles. The van der Waals surface area contributed by atoms with Crippen molar-refractivity contribution in [2.45, 2.75) is 32.1 Å². The summed E-state index contributed by atoms with van der Waals surface area (Å²) in [6.07, 6.45) is 10.0. The van der Waals surface area contributed by atoms with Gasteiger partial charge in [-0.15, -0.1) is 0 Å². The largest absolute Gasteiger partial charge is 0.323 e. The van der Waals surface area contributed by atoms with Gasteiger partial charge in [-0.2, -0.15) is 5.10 Å². The molecule has 4 bridgehead atoms. The molecule has 1 heterocycles. The highest BCUT2D eigenvalue weighted by atomic mass is 16.1. The lowest BCUT2D eigenvalue weighted by molar-refractivity contribution is -0.132. The predicted molar refractivity (Wildman–Crippen MR) is 67.8 cm³/mol. The van der Waals surface area contributed by atoms with Gasteiger partial charge in [0.2, 0.25) is 5.91 Å². The van der Waals surface area contributed by atoms with Gasteiger partial charge < -0.3 is 5.32 Å². The number of amides is 1. The summed E-state index contributed by atoms with van der Waals surface area (Å²) in [7, 11) is 0. The number of nitrogens with one attached hydrogen (secondary N) is 2. The van der Waals surface area contributed by atoms with E-state index in [-0.39, 0.29) is 11.8 Å². The first kappa shape index (κ1) is 10.6. The van der Waals surface area contributed by atoms with Crippen molar-refractivity contribution >= 4 is 11.6 Å². The average molecular weight is 245 g/mol. The first-order valence-corrected chi connectivity index (χ1v) is 7.09. The molecule has 0 saturated heterocycles. The Bertz CT molecular complexity index is 426. The Morgan fingerprint density at radius 2 is 1.83 bits per heavy atom. The average Bonchev–Trinajstić information content (AvgIpc) is 2.80. The number of carbonyl (C=O) groups is 1. The Morgan fingerprint density at radius 1 is 1.17 bits per heavy atom. The Kier molecular flexibility index (Phi) is 2.26. The van der Waals surface area contributed by atoms with E-state index in [2.05, 4.69) is 15.5 Å². The van der Waals surface area contributed by atoms with Crippen LogP contribution in [-0.4, -0.2) is 16.1 Å². The molecule has 0 aliphatic heterocycles. The number of nitrogens with zero attached hydrogens (tertiary/aromatic N) is 1. The van der Waals surface area contributed by atoms with Gasteiger partial charge in [-0.1, -0.05) is 0 Å². The molecule has 4 saturated carbocycles. The Balaban J connectivity index is 1.52. The number of aromatic nitrogens is 2.